The highest BCUT2D eigenvalue weighted by Crippen LogP contribution is 2.29. The molecule has 1 saturated heterocycles. The number of nitrogens with one attached hydrogen (secondary N) is 1. The molecule has 112 valence electrons. The normalized spacial score (nSPS) is 19.9. The van der Waals surface area contributed by atoms with Crippen molar-refractivity contribution >= 4 is 15.9 Å². The fourth-order valence-corrected chi connectivity index (χ4v) is 2.67. The van der Waals surface area contributed by atoms with Crippen molar-refractivity contribution in [2.24, 2.45) is 0 Å². The van der Waals surface area contributed by atoms with E-state index in [4.69, 9.17) is 14.2 Å². The average Bonchev–Trinajstić information content (AvgIpc) is 2.94. The minimum Gasteiger partial charge on any atom is -0.497 e. The van der Waals surface area contributed by atoms with E-state index in [1.54, 1.807) is 7.11 Å². The van der Waals surface area contributed by atoms with Gasteiger partial charge in [0.25, 0.3) is 0 Å². The van der Waals surface area contributed by atoms with Crippen LogP contribution in [0.15, 0.2) is 22.7 Å². The van der Waals surface area contributed by atoms with Gasteiger partial charge in [0, 0.05) is 19.7 Å². The van der Waals surface area contributed by atoms with Crippen molar-refractivity contribution in [3.8, 4) is 11.5 Å². The van der Waals surface area contributed by atoms with Crippen LogP contribution in [0.25, 0.3) is 0 Å². The van der Waals surface area contributed by atoms with E-state index in [2.05, 4.69) is 28.2 Å². The van der Waals surface area contributed by atoms with Crippen molar-refractivity contribution in [1.29, 1.82) is 0 Å². The standard InChI is InChI=1S/C15H22BrNO3/c1-11(9-17-10-13-4-3-7-19-13)20-15-6-5-12(18-2)8-14(15)16/h5-6,8,11,13,17H,3-4,7,9-10H2,1-2H3. The average molecular weight is 344 g/mol. The number of benzene rings is 1. The van der Waals surface area contributed by atoms with Crippen LogP contribution in [0, 0.1) is 0 Å². The lowest BCUT2D eigenvalue weighted by atomic mass is 10.2. The summed E-state index contributed by atoms with van der Waals surface area (Å²) in [5.41, 5.74) is 0. The second kappa shape index (κ2) is 7.86. The van der Waals surface area contributed by atoms with Crippen LogP contribution in [0.2, 0.25) is 0 Å². The second-order valence-electron chi connectivity index (χ2n) is 5.02. The van der Waals surface area contributed by atoms with Gasteiger partial charge in [0.1, 0.15) is 17.6 Å². The molecule has 1 heterocycles. The first-order valence-electron chi connectivity index (χ1n) is 7.01. The summed E-state index contributed by atoms with van der Waals surface area (Å²) in [6.45, 7) is 4.66. The molecule has 0 spiro atoms. The van der Waals surface area contributed by atoms with Gasteiger partial charge in [0.05, 0.1) is 17.7 Å². The Morgan fingerprint density at radius 2 is 2.35 bits per heavy atom. The fourth-order valence-electron chi connectivity index (χ4n) is 2.22. The van der Waals surface area contributed by atoms with Crippen LogP contribution in [0.5, 0.6) is 11.5 Å². The van der Waals surface area contributed by atoms with Crippen molar-refractivity contribution < 1.29 is 14.2 Å². The topological polar surface area (TPSA) is 39.7 Å². The minimum absolute atomic E-state index is 0.0982. The zero-order valence-corrected chi connectivity index (χ0v) is 13.6. The summed E-state index contributed by atoms with van der Waals surface area (Å²) in [5, 5.41) is 3.40. The highest BCUT2D eigenvalue weighted by molar-refractivity contribution is 9.10. The number of hydrogen-bond acceptors (Lipinski definition) is 4. The number of ether oxygens (including phenoxy) is 3. The minimum atomic E-state index is 0.0982. The van der Waals surface area contributed by atoms with Crippen LogP contribution in [0.3, 0.4) is 0 Å². The molecule has 1 aromatic rings. The molecule has 2 atom stereocenters. The molecule has 0 aliphatic carbocycles. The van der Waals surface area contributed by atoms with Gasteiger partial charge in [-0.1, -0.05) is 0 Å². The van der Waals surface area contributed by atoms with E-state index in [1.165, 1.54) is 6.42 Å². The van der Waals surface area contributed by atoms with Crippen LogP contribution in [0.1, 0.15) is 19.8 Å². The maximum absolute atomic E-state index is 5.90. The Kier molecular flexibility index (Phi) is 6.13. The molecular weight excluding hydrogens is 322 g/mol. The van der Waals surface area contributed by atoms with Crippen molar-refractivity contribution in [1.82, 2.24) is 5.32 Å². The van der Waals surface area contributed by atoms with Crippen molar-refractivity contribution in [2.75, 3.05) is 26.8 Å². The van der Waals surface area contributed by atoms with Gasteiger partial charge in [-0.2, -0.15) is 0 Å². The Labute approximate surface area is 128 Å². The summed E-state index contributed by atoms with van der Waals surface area (Å²) in [4.78, 5) is 0. The molecule has 0 bridgehead atoms. The molecule has 1 aliphatic heterocycles. The predicted molar refractivity (Wildman–Crippen MR) is 82.6 cm³/mol. The molecule has 20 heavy (non-hydrogen) atoms. The monoisotopic (exact) mass is 343 g/mol. The number of rotatable bonds is 7. The second-order valence-corrected chi connectivity index (χ2v) is 5.87. The summed E-state index contributed by atoms with van der Waals surface area (Å²) in [6, 6.07) is 5.72. The summed E-state index contributed by atoms with van der Waals surface area (Å²) in [6.07, 6.45) is 2.81. The summed E-state index contributed by atoms with van der Waals surface area (Å²) < 4.78 is 17.5. The molecule has 1 N–H and O–H groups in total. The Hall–Kier alpha value is -0.780. The Morgan fingerprint density at radius 3 is 3.00 bits per heavy atom. The highest BCUT2D eigenvalue weighted by atomic mass is 79.9. The molecule has 2 rings (SSSR count). The summed E-state index contributed by atoms with van der Waals surface area (Å²) >= 11 is 3.49. The van der Waals surface area contributed by atoms with E-state index in [9.17, 15) is 0 Å². The van der Waals surface area contributed by atoms with E-state index in [-0.39, 0.29) is 6.10 Å². The van der Waals surface area contributed by atoms with Gasteiger partial charge in [-0.15, -0.1) is 0 Å². The highest BCUT2D eigenvalue weighted by Gasteiger charge is 2.15. The van der Waals surface area contributed by atoms with E-state index in [0.717, 1.165) is 42.1 Å². The molecular formula is C15H22BrNO3. The Balaban J connectivity index is 1.74. The third-order valence-corrected chi connectivity index (χ3v) is 3.91. The molecule has 2 unspecified atom stereocenters. The first-order valence-corrected chi connectivity index (χ1v) is 7.81. The Morgan fingerprint density at radius 1 is 1.50 bits per heavy atom. The molecule has 0 amide bonds. The lowest BCUT2D eigenvalue weighted by molar-refractivity contribution is 0.106. The van der Waals surface area contributed by atoms with Crippen molar-refractivity contribution in [2.45, 2.75) is 32.0 Å². The predicted octanol–water partition coefficient (Wildman–Crippen LogP) is 2.99. The molecule has 1 aromatic carbocycles. The number of hydrogen-bond donors (Lipinski definition) is 1. The molecule has 1 fully saturated rings. The van der Waals surface area contributed by atoms with Gasteiger partial charge < -0.3 is 19.5 Å². The van der Waals surface area contributed by atoms with Gasteiger partial charge in [-0.25, -0.2) is 0 Å². The molecule has 5 heteroatoms. The van der Waals surface area contributed by atoms with Crippen molar-refractivity contribution in [3.63, 3.8) is 0 Å². The molecule has 1 aliphatic rings. The van der Waals surface area contributed by atoms with Crippen LogP contribution < -0.4 is 14.8 Å². The van der Waals surface area contributed by atoms with Gasteiger partial charge in [-0.05, 0) is 53.9 Å². The Bertz CT molecular complexity index is 422. The first kappa shape index (κ1) is 15.6. The van der Waals surface area contributed by atoms with Gasteiger partial charge in [0.15, 0.2) is 0 Å². The van der Waals surface area contributed by atoms with Crippen molar-refractivity contribution in [3.05, 3.63) is 22.7 Å². The summed E-state index contributed by atoms with van der Waals surface area (Å²) in [5.74, 6) is 1.64. The first-order chi connectivity index (χ1) is 9.69. The largest absolute Gasteiger partial charge is 0.497 e. The zero-order valence-electron chi connectivity index (χ0n) is 12.0. The zero-order chi connectivity index (χ0) is 14.4. The summed E-state index contributed by atoms with van der Waals surface area (Å²) in [7, 11) is 1.65. The number of methoxy groups -OCH3 is 1. The molecule has 0 saturated carbocycles. The molecule has 0 radical (unpaired) electrons. The van der Waals surface area contributed by atoms with Crippen LogP contribution in [0.4, 0.5) is 0 Å². The van der Waals surface area contributed by atoms with Gasteiger partial charge in [-0.3, -0.25) is 0 Å². The maximum Gasteiger partial charge on any atom is 0.134 e. The van der Waals surface area contributed by atoms with Crippen LogP contribution in [-0.2, 0) is 4.74 Å². The van der Waals surface area contributed by atoms with E-state index in [0.29, 0.717) is 6.10 Å². The maximum atomic E-state index is 5.90. The fraction of sp³-hybridized carbons (Fsp3) is 0.600. The quantitative estimate of drug-likeness (QED) is 0.826. The molecule has 4 nitrogen and oxygen atoms in total. The third-order valence-electron chi connectivity index (χ3n) is 3.29. The smallest absolute Gasteiger partial charge is 0.134 e. The van der Waals surface area contributed by atoms with E-state index in [1.807, 2.05) is 18.2 Å². The SMILES string of the molecule is COc1ccc(OC(C)CNCC2CCCO2)c(Br)c1. The number of halogens is 1. The van der Waals surface area contributed by atoms with Gasteiger partial charge >= 0.3 is 0 Å². The lowest BCUT2D eigenvalue weighted by Crippen LogP contribution is -2.34. The van der Waals surface area contributed by atoms with Crippen LogP contribution >= 0.6 is 15.9 Å². The third kappa shape index (κ3) is 4.65. The van der Waals surface area contributed by atoms with E-state index < -0.39 is 0 Å². The lowest BCUT2D eigenvalue weighted by Gasteiger charge is -2.18. The van der Waals surface area contributed by atoms with Gasteiger partial charge in [0.2, 0.25) is 0 Å². The van der Waals surface area contributed by atoms with Crippen LogP contribution in [-0.4, -0.2) is 39.0 Å². The molecule has 0 aromatic heterocycles. The van der Waals surface area contributed by atoms with E-state index >= 15 is 0 Å².